The van der Waals surface area contributed by atoms with Crippen LogP contribution in [0.15, 0.2) is 30.3 Å². The summed E-state index contributed by atoms with van der Waals surface area (Å²) in [4.78, 5) is 26.3. The molecule has 0 bridgehead atoms. The highest BCUT2D eigenvalue weighted by atomic mass is 16.2. The number of amides is 2. The van der Waals surface area contributed by atoms with Crippen molar-refractivity contribution in [1.29, 1.82) is 0 Å². The van der Waals surface area contributed by atoms with E-state index in [-0.39, 0.29) is 5.91 Å². The second-order valence-electron chi connectivity index (χ2n) is 4.38. The van der Waals surface area contributed by atoms with Crippen LogP contribution in [0.2, 0.25) is 0 Å². The first-order valence-corrected chi connectivity index (χ1v) is 6.72. The van der Waals surface area contributed by atoms with Crippen molar-refractivity contribution in [3.8, 4) is 0 Å². The van der Waals surface area contributed by atoms with E-state index in [1.807, 2.05) is 44.2 Å². The lowest BCUT2D eigenvalue weighted by molar-refractivity contribution is -0.131. The lowest BCUT2D eigenvalue weighted by atomic mass is 10.2. The van der Waals surface area contributed by atoms with Crippen molar-refractivity contribution >= 4 is 12.3 Å². The monoisotopic (exact) mass is 262 g/mol. The van der Waals surface area contributed by atoms with E-state index >= 15 is 0 Å². The Hall–Kier alpha value is -1.84. The van der Waals surface area contributed by atoms with Crippen LogP contribution < -0.4 is 0 Å². The zero-order valence-electron chi connectivity index (χ0n) is 11.7. The average molecular weight is 262 g/mol. The van der Waals surface area contributed by atoms with Crippen LogP contribution in [0.25, 0.3) is 0 Å². The Morgan fingerprint density at radius 3 is 2.32 bits per heavy atom. The highest BCUT2D eigenvalue weighted by Crippen LogP contribution is 2.04. The third-order valence-electron chi connectivity index (χ3n) is 3.11. The molecule has 1 aromatic rings. The minimum Gasteiger partial charge on any atom is -0.343 e. The van der Waals surface area contributed by atoms with Gasteiger partial charge in [-0.25, -0.2) is 0 Å². The molecule has 0 unspecified atom stereocenters. The molecule has 0 aliphatic rings. The van der Waals surface area contributed by atoms with Gasteiger partial charge >= 0.3 is 0 Å². The van der Waals surface area contributed by atoms with E-state index in [1.165, 1.54) is 0 Å². The van der Waals surface area contributed by atoms with Gasteiger partial charge in [0.15, 0.2) is 0 Å². The van der Waals surface area contributed by atoms with Crippen LogP contribution in [0.3, 0.4) is 0 Å². The molecule has 0 atom stereocenters. The number of hydrogen-bond donors (Lipinski definition) is 0. The summed E-state index contributed by atoms with van der Waals surface area (Å²) in [6.07, 6.45) is 1.19. The molecular weight excluding hydrogens is 240 g/mol. The number of carbonyl (C=O) groups excluding carboxylic acids is 2. The molecule has 0 saturated heterocycles. The van der Waals surface area contributed by atoms with Gasteiger partial charge in [0.05, 0.1) is 0 Å². The van der Waals surface area contributed by atoms with Gasteiger partial charge in [0.25, 0.3) is 0 Å². The summed E-state index contributed by atoms with van der Waals surface area (Å²) in [5, 5.41) is 0. The fourth-order valence-corrected chi connectivity index (χ4v) is 1.96. The number of hydrogen-bond acceptors (Lipinski definition) is 2. The molecule has 0 aliphatic heterocycles. The van der Waals surface area contributed by atoms with Gasteiger partial charge in [0.2, 0.25) is 12.3 Å². The van der Waals surface area contributed by atoms with Crippen LogP contribution in [0.4, 0.5) is 0 Å². The molecule has 0 spiro atoms. The van der Waals surface area contributed by atoms with Crippen molar-refractivity contribution in [3.05, 3.63) is 35.9 Å². The Kier molecular flexibility index (Phi) is 6.64. The third-order valence-corrected chi connectivity index (χ3v) is 3.11. The van der Waals surface area contributed by atoms with Gasteiger partial charge in [-0.1, -0.05) is 30.3 Å². The summed E-state index contributed by atoms with van der Waals surface area (Å²) in [5.74, 6) is 0.102. The summed E-state index contributed by atoms with van der Waals surface area (Å²) in [6.45, 7) is 6.37. The van der Waals surface area contributed by atoms with Crippen LogP contribution in [0.5, 0.6) is 0 Å². The van der Waals surface area contributed by atoms with Crippen molar-refractivity contribution in [2.75, 3.05) is 19.6 Å². The molecule has 0 aromatic heterocycles. The van der Waals surface area contributed by atoms with Crippen molar-refractivity contribution in [2.45, 2.75) is 26.8 Å². The van der Waals surface area contributed by atoms with Crippen LogP contribution >= 0.6 is 0 Å². The normalized spacial score (nSPS) is 10.0. The molecule has 0 N–H and O–H groups in total. The van der Waals surface area contributed by atoms with Crippen molar-refractivity contribution in [3.63, 3.8) is 0 Å². The quantitative estimate of drug-likeness (QED) is 0.671. The standard InChI is InChI=1S/C15H22N2O2/c1-3-17(4-2)15(19)10-11-16(13-18)12-14-8-6-5-7-9-14/h5-9,13H,3-4,10-12H2,1-2H3. The SMILES string of the molecule is CCN(CC)C(=O)CCN(C=O)Cc1ccccc1. The van der Waals surface area contributed by atoms with Crippen LogP contribution in [0.1, 0.15) is 25.8 Å². The summed E-state index contributed by atoms with van der Waals surface area (Å²) in [7, 11) is 0. The zero-order valence-corrected chi connectivity index (χ0v) is 11.7. The minimum atomic E-state index is 0.102. The van der Waals surface area contributed by atoms with Gasteiger partial charge < -0.3 is 9.80 Å². The fraction of sp³-hybridized carbons (Fsp3) is 0.467. The molecular formula is C15H22N2O2. The Labute approximate surface area is 115 Å². The largest absolute Gasteiger partial charge is 0.343 e. The summed E-state index contributed by atoms with van der Waals surface area (Å²) in [5.41, 5.74) is 1.07. The van der Waals surface area contributed by atoms with Crippen molar-refractivity contribution < 1.29 is 9.59 Å². The number of nitrogens with zero attached hydrogens (tertiary/aromatic N) is 2. The molecule has 0 heterocycles. The first-order valence-electron chi connectivity index (χ1n) is 6.72. The lowest BCUT2D eigenvalue weighted by Crippen LogP contribution is -2.33. The molecule has 0 saturated carbocycles. The lowest BCUT2D eigenvalue weighted by Gasteiger charge is -2.21. The number of carbonyl (C=O) groups is 2. The van der Waals surface area contributed by atoms with Crippen LogP contribution in [0, 0.1) is 0 Å². The van der Waals surface area contributed by atoms with Gasteiger partial charge in [-0.3, -0.25) is 9.59 Å². The maximum Gasteiger partial charge on any atom is 0.224 e. The fourth-order valence-electron chi connectivity index (χ4n) is 1.96. The van der Waals surface area contributed by atoms with Crippen molar-refractivity contribution in [1.82, 2.24) is 9.80 Å². The molecule has 4 heteroatoms. The van der Waals surface area contributed by atoms with Crippen molar-refractivity contribution in [2.24, 2.45) is 0 Å². The predicted octanol–water partition coefficient (Wildman–Crippen LogP) is 1.90. The Morgan fingerprint density at radius 1 is 1.16 bits per heavy atom. The molecule has 1 rings (SSSR count). The maximum absolute atomic E-state index is 11.9. The average Bonchev–Trinajstić information content (AvgIpc) is 2.45. The predicted molar refractivity (Wildman–Crippen MR) is 75.5 cm³/mol. The Balaban J connectivity index is 2.45. The Bertz CT molecular complexity index is 388. The molecule has 0 radical (unpaired) electrons. The molecule has 0 fully saturated rings. The Morgan fingerprint density at radius 2 is 1.79 bits per heavy atom. The summed E-state index contributed by atoms with van der Waals surface area (Å²) in [6, 6.07) is 9.78. The van der Waals surface area contributed by atoms with Gasteiger partial charge in [-0.05, 0) is 19.4 Å². The van der Waals surface area contributed by atoms with E-state index in [0.29, 0.717) is 19.5 Å². The maximum atomic E-state index is 11.9. The topological polar surface area (TPSA) is 40.6 Å². The van der Waals surface area contributed by atoms with E-state index in [1.54, 1.807) is 9.80 Å². The van der Waals surface area contributed by atoms with Gasteiger partial charge in [0.1, 0.15) is 0 Å². The molecule has 0 aliphatic carbocycles. The smallest absolute Gasteiger partial charge is 0.224 e. The second kappa shape index (κ2) is 8.29. The highest BCUT2D eigenvalue weighted by Gasteiger charge is 2.11. The third kappa shape index (κ3) is 5.12. The summed E-state index contributed by atoms with van der Waals surface area (Å²) >= 11 is 0. The molecule has 4 nitrogen and oxygen atoms in total. The van der Waals surface area contributed by atoms with E-state index in [2.05, 4.69) is 0 Å². The van der Waals surface area contributed by atoms with E-state index in [4.69, 9.17) is 0 Å². The number of benzene rings is 1. The highest BCUT2D eigenvalue weighted by molar-refractivity contribution is 5.76. The first kappa shape index (κ1) is 15.2. The molecule has 1 aromatic carbocycles. The van der Waals surface area contributed by atoms with E-state index < -0.39 is 0 Å². The summed E-state index contributed by atoms with van der Waals surface area (Å²) < 4.78 is 0. The van der Waals surface area contributed by atoms with E-state index in [9.17, 15) is 9.59 Å². The zero-order chi connectivity index (χ0) is 14.1. The van der Waals surface area contributed by atoms with E-state index in [0.717, 1.165) is 25.1 Å². The molecule has 104 valence electrons. The second-order valence-corrected chi connectivity index (χ2v) is 4.38. The number of rotatable bonds is 8. The van der Waals surface area contributed by atoms with Crippen LogP contribution in [-0.2, 0) is 16.1 Å². The molecule has 2 amide bonds. The van der Waals surface area contributed by atoms with Crippen LogP contribution in [-0.4, -0.2) is 41.8 Å². The minimum absolute atomic E-state index is 0.102. The van der Waals surface area contributed by atoms with Gasteiger partial charge in [-0.15, -0.1) is 0 Å². The van der Waals surface area contributed by atoms with Gasteiger partial charge in [-0.2, -0.15) is 0 Å². The van der Waals surface area contributed by atoms with Gasteiger partial charge in [0, 0.05) is 32.6 Å². The first-order chi connectivity index (χ1) is 9.21. The molecule has 19 heavy (non-hydrogen) atoms.